The lowest BCUT2D eigenvalue weighted by Gasteiger charge is -2.35. The lowest BCUT2D eigenvalue weighted by atomic mass is 9.86. The molecule has 2 aliphatic heterocycles. The monoisotopic (exact) mass is 336 g/mol. The van der Waals surface area contributed by atoms with Gasteiger partial charge < -0.3 is 10.2 Å². The maximum absolute atomic E-state index is 12.5. The molecule has 0 radical (unpaired) electrons. The van der Waals surface area contributed by atoms with Gasteiger partial charge in [0.15, 0.2) is 5.78 Å². The number of fused-ring (bicyclic) bond motifs is 1. The Kier molecular flexibility index (Phi) is 4.84. The Morgan fingerprint density at radius 2 is 2.22 bits per heavy atom. The third-order valence-electron chi connectivity index (χ3n) is 4.57. The van der Waals surface area contributed by atoms with Crippen molar-refractivity contribution in [3.05, 3.63) is 29.3 Å². The normalized spacial score (nSPS) is 26.7. The second kappa shape index (κ2) is 6.86. The summed E-state index contributed by atoms with van der Waals surface area (Å²) in [6.07, 6.45) is 1.32. The summed E-state index contributed by atoms with van der Waals surface area (Å²) < 4.78 is 0. The van der Waals surface area contributed by atoms with Crippen LogP contribution in [0.1, 0.15) is 19.8 Å². The first-order chi connectivity index (χ1) is 11.1. The summed E-state index contributed by atoms with van der Waals surface area (Å²) in [6, 6.07) is 6.95. The Morgan fingerprint density at radius 3 is 2.96 bits per heavy atom. The number of halogens is 1. The van der Waals surface area contributed by atoms with Crippen molar-refractivity contribution in [1.29, 1.82) is 0 Å². The molecule has 2 aliphatic rings. The molecule has 3 atom stereocenters. The van der Waals surface area contributed by atoms with E-state index in [0.29, 0.717) is 30.2 Å². The van der Waals surface area contributed by atoms with Gasteiger partial charge in [-0.3, -0.25) is 10.2 Å². The number of carbonyl (C=O) groups excluding carboxylic acids is 2. The molecule has 0 aliphatic carbocycles. The largest absolute Gasteiger partial charge is 0.324 e. The number of anilines is 1. The van der Waals surface area contributed by atoms with E-state index in [0.717, 1.165) is 6.42 Å². The van der Waals surface area contributed by atoms with Gasteiger partial charge in [0.25, 0.3) is 0 Å². The van der Waals surface area contributed by atoms with E-state index in [2.05, 4.69) is 16.2 Å². The fourth-order valence-corrected chi connectivity index (χ4v) is 3.49. The number of hydrogen-bond acceptors (Lipinski definition) is 4. The lowest BCUT2D eigenvalue weighted by molar-refractivity contribution is -0.121. The van der Waals surface area contributed by atoms with Crippen LogP contribution in [0.3, 0.4) is 0 Å². The van der Waals surface area contributed by atoms with Crippen molar-refractivity contribution in [2.24, 2.45) is 5.92 Å². The molecule has 2 saturated heterocycles. The van der Waals surface area contributed by atoms with Crippen LogP contribution in [-0.2, 0) is 4.79 Å². The zero-order valence-corrected chi connectivity index (χ0v) is 13.8. The minimum absolute atomic E-state index is 0.112. The van der Waals surface area contributed by atoms with E-state index < -0.39 is 0 Å². The Bertz CT molecular complexity index is 609. The fourth-order valence-electron chi connectivity index (χ4n) is 3.30. The van der Waals surface area contributed by atoms with E-state index >= 15 is 0 Å². The maximum Gasteiger partial charge on any atom is 0.321 e. The van der Waals surface area contributed by atoms with Crippen LogP contribution in [0.4, 0.5) is 10.5 Å². The number of urea groups is 1. The number of hydrogen-bond donors (Lipinski definition) is 3. The summed E-state index contributed by atoms with van der Waals surface area (Å²) in [5.74, 6) is 0.295. The number of carbonyl (C=O) groups is 2. The highest BCUT2D eigenvalue weighted by molar-refractivity contribution is 6.30. The third-order valence-corrected chi connectivity index (χ3v) is 4.80. The minimum atomic E-state index is -0.216. The molecule has 3 N–H and O–H groups in total. The van der Waals surface area contributed by atoms with E-state index in [-0.39, 0.29) is 29.8 Å². The highest BCUT2D eigenvalue weighted by Crippen LogP contribution is 2.26. The van der Waals surface area contributed by atoms with Gasteiger partial charge in [-0.2, -0.15) is 0 Å². The van der Waals surface area contributed by atoms with Crippen LogP contribution in [0.5, 0.6) is 0 Å². The third kappa shape index (κ3) is 3.49. The molecule has 1 aromatic carbocycles. The quantitative estimate of drug-likeness (QED) is 0.789. The smallest absolute Gasteiger partial charge is 0.321 e. The second-order valence-corrected chi connectivity index (χ2v) is 6.47. The molecule has 1 aromatic rings. The average molecular weight is 337 g/mol. The number of nitrogens with one attached hydrogen (secondary N) is 3. The van der Waals surface area contributed by atoms with Gasteiger partial charge in [-0.1, -0.05) is 24.6 Å². The fraction of sp³-hybridized carbons (Fsp3) is 0.500. The van der Waals surface area contributed by atoms with Crippen LogP contribution in [0.2, 0.25) is 5.02 Å². The number of likely N-dealkylation sites (tertiary alicyclic amines) is 1. The van der Waals surface area contributed by atoms with Crippen LogP contribution in [-0.4, -0.2) is 41.9 Å². The van der Waals surface area contributed by atoms with Crippen molar-refractivity contribution < 1.29 is 9.59 Å². The van der Waals surface area contributed by atoms with Gasteiger partial charge in [0.1, 0.15) is 0 Å². The Balaban J connectivity index is 1.65. The van der Waals surface area contributed by atoms with Crippen LogP contribution in [0.15, 0.2) is 24.3 Å². The van der Waals surface area contributed by atoms with E-state index in [1.165, 1.54) is 0 Å². The van der Waals surface area contributed by atoms with Crippen molar-refractivity contribution >= 4 is 29.1 Å². The van der Waals surface area contributed by atoms with Gasteiger partial charge in [0.2, 0.25) is 0 Å². The Morgan fingerprint density at radius 1 is 1.39 bits per heavy atom. The molecule has 0 aromatic heterocycles. The second-order valence-electron chi connectivity index (χ2n) is 6.03. The molecule has 23 heavy (non-hydrogen) atoms. The molecule has 2 fully saturated rings. The predicted octanol–water partition coefficient (Wildman–Crippen LogP) is 2.02. The topological polar surface area (TPSA) is 73.5 Å². The highest BCUT2D eigenvalue weighted by atomic mass is 35.5. The highest BCUT2D eigenvalue weighted by Gasteiger charge is 2.43. The molecule has 2 heterocycles. The first kappa shape index (κ1) is 16.2. The van der Waals surface area contributed by atoms with Crippen molar-refractivity contribution in [2.75, 3.05) is 18.4 Å². The molecule has 3 unspecified atom stereocenters. The summed E-state index contributed by atoms with van der Waals surface area (Å²) >= 11 is 5.94. The molecule has 124 valence electrons. The van der Waals surface area contributed by atoms with Crippen LogP contribution in [0.25, 0.3) is 0 Å². The number of Topliss-reactive ketones (excluding diaryl/α,β-unsaturated/α-hetero) is 1. The molecule has 0 spiro atoms. The number of hydrazine groups is 1. The number of piperidine rings is 1. The number of rotatable bonds is 3. The van der Waals surface area contributed by atoms with E-state index in [1.807, 2.05) is 6.92 Å². The van der Waals surface area contributed by atoms with Gasteiger partial charge in [-0.05, 0) is 24.6 Å². The average Bonchev–Trinajstić information content (AvgIpc) is 2.97. The minimum Gasteiger partial charge on any atom is -0.324 e. The lowest BCUT2D eigenvalue weighted by Crippen LogP contribution is -2.50. The molecule has 0 saturated carbocycles. The Hall–Kier alpha value is -1.63. The van der Waals surface area contributed by atoms with Gasteiger partial charge in [-0.15, -0.1) is 0 Å². The van der Waals surface area contributed by atoms with Crippen LogP contribution < -0.4 is 16.2 Å². The molecule has 3 rings (SSSR count). The predicted molar refractivity (Wildman–Crippen MR) is 89.3 cm³/mol. The summed E-state index contributed by atoms with van der Waals surface area (Å²) in [5.41, 5.74) is 6.96. The van der Waals surface area contributed by atoms with Crippen molar-refractivity contribution in [3.8, 4) is 0 Å². The number of nitrogens with zero attached hydrogens (tertiary/aromatic N) is 1. The van der Waals surface area contributed by atoms with Gasteiger partial charge >= 0.3 is 6.03 Å². The standard InChI is InChI=1S/C16H21ClN4O2/c1-2-14(22)15-12-9-21(7-6-13(12)19-20-15)16(23)18-11-5-3-4-10(17)8-11/h3-5,8,12-13,15,19-20H,2,6-7,9H2,1H3,(H,18,23). The van der Waals surface area contributed by atoms with Crippen molar-refractivity contribution in [1.82, 2.24) is 15.8 Å². The zero-order valence-electron chi connectivity index (χ0n) is 13.0. The molecule has 2 amide bonds. The first-order valence-corrected chi connectivity index (χ1v) is 8.31. The number of benzene rings is 1. The maximum atomic E-state index is 12.5. The summed E-state index contributed by atoms with van der Waals surface area (Å²) in [6.45, 7) is 3.09. The first-order valence-electron chi connectivity index (χ1n) is 7.93. The summed E-state index contributed by atoms with van der Waals surface area (Å²) in [7, 11) is 0. The molecular weight excluding hydrogens is 316 g/mol. The van der Waals surface area contributed by atoms with Crippen LogP contribution >= 0.6 is 11.6 Å². The number of amides is 2. The summed E-state index contributed by atoms with van der Waals surface area (Å²) in [5, 5.41) is 3.45. The SMILES string of the molecule is CCC(=O)C1NNC2CCN(C(=O)Nc3cccc(Cl)c3)CC21. The zero-order chi connectivity index (χ0) is 16.4. The van der Waals surface area contributed by atoms with Gasteiger partial charge in [-0.25, -0.2) is 10.2 Å². The summed E-state index contributed by atoms with van der Waals surface area (Å²) in [4.78, 5) is 26.3. The van der Waals surface area contributed by atoms with Crippen molar-refractivity contribution in [2.45, 2.75) is 31.8 Å². The van der Waals surface area contributed by atoms with E-state index in [9.17, 15) is 9.59 Å². The van der Waals surface area contributed by atoms with Gasteiger partial charge in [0, 0.05) is 42.2 Å². The number of ketones is 1. The van der Waals surface area contributed by atoms with Crippen molar-refractivity contribution in [3.63, 3.8) is 0 Å². The van der Waals surface area contributed by atoms with Crippen LogP contribution in [0, 0.1) is 5.92 Å². The Labute approximate surface area is 140 Å². The molecule has 6 nitrogen and oxygen atoms in total. The van der Waals surface area contributed by atoms with Gasteiger partial charge in [0.05, 0.1) is 6.04 Å². The molecular formula is C16H21ClN4O2. The van der Waals surface area contributed by atoms with E-state index in [1.54, 1.807) is 29.2 Å². The van der Waals surface area contributed by atoms with E-state index in [4.69, 9.17) is 11.6 Å². The molecule has 7 heteroatoms. The molecule has 0 bridgehead atoms.